The van der Waals surface area contributed by atoms with Gasteiger partial charge in [0.2, 0.25) is 5.91 Å². The van der Waals surface area contributed by atoms with E-state index >= 15 is 0 Å². The molecule has 0 spiro atoms. The average Bonchev–Trinajstić information content (AvgIpc) is 2.67. The molecule has 1 aliphatic rings. The summed E-state index contributed by atoms with van der Waals surface area (Å²) in [7, 11) is 3.96. The van der Waals surface area contributed by atoms with Crippen LogP contribution < -0.4 is 11.0 Å². The van der Waals surface area contributed by atoms with Crippen molar-refractivity contribution in [3.8, 4) is 0 Å². The first-order chi connectivity index (χ1) is 13.4. The molecule has 8 heteroatoms. The summed E-state index contributed by atoms with van der Waals surface area (Å²) >= 11 is 1.29. The van der Waals surface area contributed by atoms with E-state index < -0.39 is 0 Å². The van der Waals surface area contributed by atoms with E-state index in [2.05, 4.69) is 10.3 Å². The Morgan fingerprint density at radius 3 is 2.68 bits per heavy atom. The summed E-state index contributed by atoms with van der Waals surface area (Å²) in [5, 5.41) is 3.40. The van der Waals surface area contributed by atoms with Gasteiger partial charge < -0.3 is 10.2 Å². The van der Waals surface area contributed by atoms with E-state index in [-0.39, 0.29) is 23.2 Å². The van der Waals surface area contributed by atoms with Crippen LogP contribution in [0.1, 0.15) is 24.1 Å². The van der Waals surface area contributed by atoms with E-state index in [9.17, 15) is 14.0 Å². The summed E-state index contributed by atoms with van der Waals surface area (Å²) < 4.78 is 14.8. The fourth-order valence-electron chi connectivity index (χ4n) is 3.26. The van der Waals surface area contributed by atoms with Crippen LogP contribution in [0.25, 0.3) is 0 Å². The van der Waals surface area contributed by atoms with Crippen molar-refractivity contribution in [2.75, 3.05) is 31.7 Å². The number of hydrogen-bond acceptors (Lipinski definition) is 5. The average molecular weight is 405 g/mol. The summed E-state index contributed by atoms with van der Waals surface area (Å²) in [5.41, 5.74) is 2.46. The molecule has 2 aromatic rings. The number of hydrogen-bond donors (Lipinski definition) is 1. The molecule has 1 aromatic carbocycles. The van der Waals surface area contributed by atoms with E-state index in [1.807, 2.05) is 19.0 Å². The lowest BCUT2D eigenvalue weighted by Crippen LogP contribution is -2.33. The lowest BCUT2D eigenvalue weighted by atomic mass is 9.97. The summed E-state index contributed by atoms with van der Waals surface area (Å²) in [6.07, 6.45) is 3.88. The fraction of sp³-hybridized carbons (Fsp3) is 0.450. The molecular formula is C20H25FN4O2S. The largest absolute Gasteiger partial charge is 0.348 e. The van der Waals surface area contributed by atoms with Crippen LogP contribution >= 0.6 is 11.8 Å². The molecule has 28 heavy (non-hydrogen) atoms. The summed E-state index contributed by atoms with van der Waals surface area (Å²) in [6, 6.07) is 5.63. The third kappa shape index (κ3) is 5.20. The molecule has 0 fully saturated rings. The lowest BCUT2D eigenvalue weighted by Gasteiger charge is -2.23. The highest BCUT2D eigenvalue weighted by molar-refractivity contribution is 8.00. The quantitative estimate of drug-likeness (QED) is 0.568. The number of rotatable bonds is 7. The molecule has 6 nitrogen and oxygen atoms in total. The smallest absolute Gasteiger partial charge is 0.325 e. The molecule has 0 unspecified atom stereocenters. The Bertz CT molecular complexity index is 896. The van der Waals surface area contributed by atoms with Crippen LogP contribution in [-0.4, -0.2) is 46.8 Å². The van der Waals surface area contributed by atoms with E-state index in [1.165, 1.54) is 36.0 Å². The van der Waals surface area contributed by atoms with Crippen LogP contribution in [0, 0.1) is 5.82 Å². The first-order valence-electron chi connectivity index (χ1n) is 9.39. The van der Waals surface area contributed by atoms with Gasteiger partial charge in [-0.05, 0) is 64.0 Å². The Hall–Kier alpha value is -2.19. The van der Waals surface area contributed by atoms with E-state index in [0.29, 0.717) is 17.3 Å². The van der Waals surface area contributed by atoms with Crippen molar-refractivity contribution in [1.29, 1.82) is 0 Å². The third-order valence-corrected chi connectivity index (χ3v) is 5.71. The van der Waals surface area contributed by atoms with Gasteiger partial charge >= 0.3 is 5.69 Å². The minimum Gasteiger partial charge on any atom is -0.325 e. The maximum absolute atomic E-state index is 13.0. The van der Waals surface area contributed by atoms with Crippen LogP contribution in [0.5, 0.6) is 0 Å². The van der Waals surface area contributed by atoms with Gasteiger partial charge in [-0.3, -0.25) is 9.36 Å². The molecule has 1 aliphatic carbocycles. The molecule has 0 saturated heterocycles. The second-order valence-electron chi connectivity index (χ2n) is 7.13. The molecule has 0 saturated carbocycles. The normalized spacial score (nSPS) is 13.4. The Morgan fingerprint density at radius 2 is 1.96 bits per heavy atom. The van der Waals surface area contributed by atoms with E-state index in [4.69, 9.17) is 0 Å². The first kappa shape index (κ1) is 20.5. The van der Waals surface area contributed by atoms with Crippen LogP contribution in [0.4, 0.5) is 10.1 Å². The molecule has 1 N–H and O–H groups in total. The van der Waals surface area contributed by atoms with Crippen molar-refractivity contribution >= 4 is 23.4 Å². The molecule has 0 atom stereocenters. The number of aromatic nitrogens is 2. The van der Waals surface area contributed by atoms with Gasteiger partial charge in [-0.15, -0.1) is 0 Å². The predicted octanol–water partition coefficient (Wildman–Crippen LogP) is 2.55. The molecule has 0 aliphatic heterocycles. The highest BCUT2D eigenvalue weighted by atomic mass is 32.2. The minimum absolute atomic E-state index is 0.151. The zero-order valence-electron chi connectivity index (χ0n) is 16.2. The van der Waals surface area contributed by atoms with Gasteiger partial charge in [0.1, 0.15) is 10.8 Å². The lowest BCUT2D eigenvalue weighted by molar-refractivity contribution is -0.113. The Kier molecular flexibility index (Phi) is 6.85. The molecular weight excluding hydrogens is 379 g/mol. The number of anilines is 1. The topological polar surface area (TPSA) is 67.2 Å². The number of thioether (sulfide) groups is 1. The van der Waals surface area contributed by atoms with Gasteiger partial charge in [0, 0.05) is 30.0 Å². The second kappa shape index (κ2) is 9.34. The van der Waals surface area contributed by atoms with Crippen LogP contribution in [0.3, 0.4) is 0 Å². The second-order valence-corrected chi connectivity index (χ2v) is 8.09. The number of amides is 1. The number of halogens is 1. The number of likely N-dealkylation sites (N-methyl/N-ethyl adjacent to an activating group) is 1. The van der Waals surface area contributed by atoms with Crippen molar-refractivity contribution in [1.82, 2.24) is 14.5 Å². The van der Waals surface area contributed by atoms with Crippen LogP contribution in [0.2, 0.25) is 0 Å². The van der Waals surface area contributed by atoms with E-state index in [0.717, 1.165) is 43.5 Å². The van der Waals surface area contributed by atoms with Crippen molar-refractivity contribution in [3.05, 3.63) is 51.8 Å². The summed E-state index contributed by atoms with van der Waals surface area (Å²) in [6.45, 7) is 1.40. The van der Waals surface area contributed by atoms with Crippen LogP contribution in [-0.2, 0) is 24.2 Å². The summed E-state index contributed by atoms with van der Waals surface area (Å²) in [5.74, 6) is -0.407. The van der Waals surface area contributed by atoms with Gasteiger partial charge in [0.15, 0.2) is 0 Å². The van der Waals surface area contributed by atoms with Crippen molar-refractivity contribution in [2.24, 2.45) is 0 Å². The fourth-order valence-corrected chi connectivity index (χ4v) is 4.14. The van der Waals surface area contributed by atoms with Gasteiger partial charge in [-0.2, -0.15) is 4.98 Å². The zero-order valence-corrected chi connectivity index (χ0v) is 17.0. The highest BCUT2D eigenvalue weighted by Crippen LogP contribution is 2.28. The molecule has 3 rings (SSSR count). The minimum atomic E-state index is -0.349. The zero-order chi connectivity index (χ0) is 20.1. The molecule has 1 aromatic heterocycles. The number of nitrogens with one attached hydrogen (secondary N) is 1. The molecule has 150 valence electrons. The molecule has 0 bridgehead atoms. The number of benzene rings is 1. The van der Waals surface area contributed by atoms with Gasteiger partial charge in [-0.25, -0.2) is 9.18 Å². The summed E-state index contributed by atoms with van der Waals surface area (Å²) in [4.78, 5) is 31.1. The van der Waals surface area contributed by atoms with Crippen molar-refractivity contribution in [2.45, 2.75) is 37.3 Å². The molecule has 1 heterocycles. The van der Waals surface area contributed by atoms with Crippen LogP contribution in [0.15, 0.2) is 34.1 Å². The van der Waals surface area contributed by atoms with Gasteiger partial charge in [0.25, 0.3) is 0 Å². The van der Waals surface area contributed by atoms with Crippen molar-refractivity contribution < 1.29 is 9.18 Å². The van der Waals surface area contributed by atoms with Crippen molar-refractivity contribution in [3.63, 3.8) is 0 Å². The third-order valence-electron chi connectivity index (χ3n) is 4.69. The molecule has 1 amide bonds. The highest BCUT2D eigenvalue weighted by Gasteiger charge is 2.21. The van der Waals surface area contributed by atoms with Gasteiger partial charge in [-0.1, -0.05) is 11.8 Å². The Morgan fingerprint density at radius 1 is 1.25 bits per heavy atom. The maximum Gasteiger partial charge on any atom is 0.348 e. The standard InChI is InChI=1S/C20H25FN4O2S/c1-24(2)11-12-25-17-6-4-3-5-16(17)19(23-20(25)27)28-13-18(26)22-15-9-7-14(21)8-10-15/h7-10H,3-6,11-13H2,1-2H3,(H,22,26). The Balaban J connectivity index is 1.73. The number of nitrogens with zero attached hydrogens (tertiary/aromatic N) is 3. The molecule has 0 radical (unpaired) electrons. The monoisotopic (exact) mass is 404 g/mol. The maximum atomic E-state index is 13.0. The predicted molar refractivity (Wildman–Crippen MR) is 109 cm³/mol. The van der Waals surface area contributed by atoms with Gasteiger partial charge in [0.05, 0.1) is 5.75 Å². The number of carbonyl (C=O) groups excluding carboxylic acids is 1. The Labute approximate surface area is 168 Å². The number of fused-ring (bicyclic) bond motifs is 1. The van der Waals surface area contributed by atoms with E-state index in [1.54, 1.807) is 4.57 Å². The first-order valence-corrected chi connectivity index (χ1v) is 10.4. The SMILES string of the molecule is CN(C)CCn1c2c(c(SCC(=O)Nc3ccc(F)cc3)nc1=O)CCCC2. The number of carbonyl (C=O) groups is 1.